The molecule has 2 amide bonds. The highest BCUT2D eigenvalue weighted by Crippen LogP contribution is 2.38. The van der Waals surface area contributed by atoms with Gasteiger partial charge in [-0.1, -0.05) is 30.3 Å². The summed E-state index contributed by atoms with van der Waals surface area (Å²) in [6, 6.07) is 12.3. The Morgan fingerprint density at radius 2 is 1.90 bits per heavy atom. The van der Waals surface area contributed by atoms with Crippen LogP contribution >= 0.6 is 34.4 Å². The minimum atomic E-state index is -0.994. The van der Waals surface area contributed by atoms with Gasteiger partial charge in [0, 0.05) is 0 Å². The molecule has 1 aliphatic heterocycles. The van der Waals surface area contributed by atoms with E-state index in [-0.39, 0.29) is 4.91 Å². The van der Waals surface area contributed by atoms with Crippen molar-refractivity contribution in [2.45, 2.75) is 19.6 Å². The Balaban J connectivity index is 1.84. The molecule has 1 atom stereocenters. The quantitative estimate of drug-likeness (QED) is 0.284. The number of thioether (sulfide) groups is 1. The van der Waals surface area contributed by atoms with Gasteiger partial charge >= 0.3 is 5.97 Å². The lowest BCUT2D eigenvalue weighted by Crippen LogP contribution is -2.42. The van der Waals surface area contributed by atoms with Crippen LogP contribution in [0.1, 0.15) is 18.1 Å². The lowest BCUT2D eigenvalue weighted by Gasteiger charge is -2.18. The largest absolute Gasteiger partial charge is 0.493 e. The van der Waals surface area contributed by atoms with Crippen molar-refractivity contribution in [1.29, 1.82) is 0 Å². The van der Waals surface area contributed by atoms with E-state index in [1.807, 2.05) is 36.4 Å². The third-order valence-electron chi connectivity index (χ3n) is 4.53. The third-order valence-corrected chi connectivity index (χ3v) is 6.21. The van der Waals surface area contributed by atoms with Crippen LogP contribution in [0, 0.1) is 3.57 Å². The molecule has 1 saturated heterocycles. The fraction of sp³-hybridized carbons (Fsp3) is 0.227. The summed E-state index contributed by atoms with van der Waals surface area (Å²) in [7, 11) is 2.75. The van der Waals surface area contributed by atoms with Gasteiger partial charge in [-0.15, -0.1) is 0 Å². The molecular weight excluding hydrogens is 533 g/mol. The van der Waals surface area contributed by atoms with E-state index in [2.05, 4.69) is 27.3 Å². The van der Waals surface area contributed by atoms with Crippen LogP contribution in [-0.2, 0) is 20.9 Å². The number of carbonyl (C=O) groups excluding carboxylic acids is 3. The van der Waals surface area contributed by atoms with E-state index in [1.165, 1.54) is 21.1 Å². The van der Waals surface area contributed by atoms with Crippen LogP contribution in [0.15, 0.2) is 47.4 Å². The molecular formula is C22H20INO6S. The molecule has 162 valence electrons. The Bertz CT molecular complexity index is 1040. The summed E-state index contributed by atoms with van der Waals surface area (Å²) in [5, 5.41) is -0.515. The molecule has 0 N–H and O–H groups in total. The molecule has 0 aromatic heterocycles. The van der Waals surface area contributed by atoms with Crippen molar-refractivity contribution in [2.75, 3.05) is 14.2 Å². The molecule has 31 heavy (non-hydrogen) atoms. The first-order valence-electron chi connectivity index (χ1n) is 9.24. The van der Waals surface area contributed by atoms with Crippen molar-refractivity contribution in [3.8, 4) is 11.5 Å². The second kappa shape index (κ2) is 10.2. The molecule has 0 radical (unpaired) electrons. The van der Waals surface area contributed by atoms with Crippen LogP contribution in [0.2, 0.25) is 0 Å². The maximum absolute atomic E-state index is 12.7. The van der Waals surface area contributed by atoms with Crippen LogP contribution in [0.4, 0.5) is 4.79 Å². The monoisotopic (exact) mass is 553 g/mol. The molecule has 3 rings (SSSR count). The molecule has 1 fully saturated rings. The Morgan fingerprint density at radius 3 is 2.55 bits per heavy atom. The lowest BCUT2D eigenvalue weighted by molar-refractivity contribution is -0.148. The molecule has 0 unspecified atom stereocenters. The summed E-state index contributed by atoms with van der Waals surface area (Å²) in [4.78, 5) is 37.9. The SMILES string of the molecule is COC(=O)[C@H](C)N1C(=O)S/C(=C/c2cc(I)c(OCc3ccccc3)c(OC)c2)C1=O. The number of hydrogen-bond donors (Lipinski definition) is 0. The van der Waals surface area contributed by atoms with E-state index in [9.17, 15) is 14.4 Å². The van der Waals surface area contributed by atoms with Gasteiger partial charge < -0.3 is 14.2 Å². The fourth-order valence-electron chi connectivity index (χ4n) is 2.93. The number of ether oxygens (including phenoxy) is 3. The molecule has 1 aliphatic rings. The van der Waals surface area contributed by atoms with Gasteiger partial charge in [0.25, 0.3) is 11.1 Å². The van der Waals surface area contributed by atoms with Crippen LogP contribution < -0.4 is 9.47 Å². The summed E-state index contributed by atoms with van der Waals surface area (Å²) in [6.45, 7) is 1.84. The number of rotatable bonds is 7. The minimum Gasteiger partial charge on any atom is -0.493 e. The number of imide groups is 1. The first-order chi connectivity index (χ1) is 14.8. The van der Waals surface area contributed by atoms with Crippen molar-refractivity contribution in [2.24, 2.45) is 0 Å². The van der Waals surface area contributed by atoms with Gasteiger partial charge in [-0.3, -0.25) is 14.5 Å². The number of nitrogens with zero attached hydrogens (tertiary/aromatic N) is 1. The number of esters is 1. The zero-order valence-electron chi connectivity index (χ0n) is 17.1. The number of amides is 2. The molecule has 0 spiro atoms. The molecule has 9 heteroatoms. The van der Waals surface area contributed by atoms with Crippen LogP contribution in [0.25, 0.3) is 6.08 Å². The van der Waals surface area contributed by atoms with Gasteiger partial charge in [-0.05, 0) is 70.6 Å². The maximum atomic E-state index is 12.7. The average molecular weight is 553 g/mol. The van der Waals surface area contributed by atoms with Crippen LogP contribution in [-0.4, -0.2) is 42.3 Å². The number of benzene rings is 2. The number of carbonyl (C=O) groups is 3. The van der Waals surface area contributed by atoms with Gasteiger partial charge in [0.15, 0.2) is 11.5 Å². The van der Waals surface area contributed by atoms with Crippen molar-refractivity contribution < 1.29 is 28.6 Å². The molecule has 0 aliphatic carbocycles. The van der Waals surface area contributed by atoms with Gasteiger partial charge in [-0.25, -0.2) is 4.79 Å². The highest BCUT2D eigenvalue weighted by molar-refractivity contribution is 14.1. The smallest absolute Gasteiger partial charge is 0.328 e. The highest BCUT2D eigenvalue weighted by atomic mass is 127. The van der Waals surface area contributed by atoms with E-state index < -0.39 is 23.2 Å². The van der Waals surface area contributed by atoms with E-state index >= 15 is 0 Å². The van der Waals surface area contributed by atoms with Crippen molar-refractivity contribution in [3.05, 3.63) is 62.1 Å². The summed E-state index contributed by atoms with van der Waals surface area (Å²) >= 11 is 2.92. The second-order valence-electron chi connectivity index (χ2n) is 6.56. The molecule has 2 aromatic rings. The minimum absolute atomic E-state index is 0.219. The highest BCUT2D eigenvalue weighted by Gasteiger charge is 2.41. The standard InChI is InChI=1S/C22H20INO6S/c1-13(21(26)29-3)24-20(25)18(31-22(24)27)11-15-9-16(23)19(17(10-15)28-2)30-12-14-7-5-4-6-8-14/h4-11,13H,12H2,1-3H3/b18-11+/t13-/m0/s1. The summed E-state index contributed by atoms with van der Waals surface area (Å²) in [5.74, 6) is -0.0845. The number of hydrogen-bond acceptors (Lipinski definition) is 7. The molecule has 2 aromatic carbocycles. The number of methoxy groups -OCH3 is 2. The zero-order valence-corrected chi connectivity index (χ0v) is 20.1. The van der Waals surface area contributed by atoms with E-state index in [0.29, 0.717) is 23.7 Å². The van der Waals surface area contributed by atoms with Gasteiger partial charge in [0.1, 0.15) is 12.6 Å². The van der Waals surface area contributed by atoms with E-state index in [4.69, 9.17) is 9.47 Å². The predicted molar refractivity (Wildman–Crippen MR) is 126 cm³/mol. The Labute approximate surface area is 197 Å². The molecule has 0 saturated carbocycles. The summed E-state index contributed by atoms with van der Waals surface area (Å²) in [5.41, 5.74) is 1.70. The fourth-order valence-corrected chi connectivity index (χ4v) is 4.62. The average Bonchev–Trinajstić information content (AvgIpc) is 3.04. The van der Waals surface area contributed by atoms with Crippen molar-refractivity contribution >= 4 is 57.5 Å². The van der Waals surface area contributed by atoms with Crippen molar-refractivity contribution in [1.82, 2.24) is 4.90 Å². The topological polar surface area (TPSA) is 82.1 Å². The predicted octanol–water partition coefficient (Wildman–Crippen LogP) is 4.48. The maximum Gasteiger partial charge on any atom is 0.328 e. The lowest BCUT2D eigenvalue weighted by atomic mass is 10.1. The second-order valence-corrected chi connectivity index (χ2v) is 8.71. The zero-order chi connectivity index (χ0) is 22.5. The first kappa shape index (κ1) is 23.1. The molecule has 1 heterocycles. The molecule has 0 bridgehead atoms. The number of halogens is 1. The van der Waals surface area contributed by atoms with Crippen molar-refractivity contribution in [3.63, 3.8) is 0 Å². The van der Waals surface area contributed by atoms with E-state index in [0.717, 1.165) is 25.8 Å². The Hall–Kier alpha value is -2.53. The van der Waals surface area contributed by atoms with Crippen LogP contribution in [0.3, 0.4) is 0 Å². The van der Waals surface area contributed by atoms with Gasteiger partial charge in [0.05, 0.1) is 22.7 Å². The third kappa shape index (κ3) is 5.21. The van der Waals surface area contributed by atoms with Crippen LogP contribution in [0.5, 0.6) is 11.5 Å². The van der Waals surface area contributed by atoms with E-state index in [1.54, 1.807) is 12.1 Å². The van der Waals surface area contributed by atoms with Gasteiger partial charge in [-0.2, -0.15) is 0 Å². The van der Waals surface area contributed by atoms with Gasteiger partial charge in [0.2, 0.25) is 0 Å². The Morgan fingerprint density at radius 1 is 1.19 bits per heavy atom. The summed E-state index contributed by atoms with van der Waals surface area (Å²) < 4.78 is 16.9. The normalized spacial score (nSPS) is 15.9. The first-order valence-corrected chi connectivity index (χ1v) is 11.1. The summed E-state index contributed by atoms with van der Waals surface area (Å²) in [6.07, 6.45) is 1.60. The molecule has 7 nitrogen and oxygen atoms in total. The Kier molecular flexibility index (Phi) is 7.60.